The fourth-order valence-corrected chi connectivity index (χ4v) is 2.46. The van der Waals surface area contributed by atoms with Crippen molar-refractivity contribution < 1.29 is 19.4 Å². The van der Waals surface area contributed by atoms with Gasteiger partial charge in [-0.2, -0.15) is 0 Å². The number of aliphatic carboxylic acids is 1. The Kier molecular flexibility index (Phi) is 6.51. The number of thiazole rings is 1. The van der Waals surface area contributed by atoms with Gasteiger partial charge in [0.25, 0.3) is 0 Å². The molecule has 1 heterocycles. The lowest BCUT2D eigenvalue weighted by Gasteiger charge is -2.24. The largest absolute Gasteiger partial charge is 0.474 e. The van der Waals surface area contributed by atoms with Crippen LogP contribution in [0.2, 0.25) is 0 Å². The van der Waals surface area contributed by atoms with Crippen LogP contribution in [0.5, 0.6) is 0 Å². The van der Waals surface area contributed by atoms with Gasteiger partial charge in [-0.15, -0.1) is 11.3 Å². The third-order valence-corrected chi connectivity index (χ3v) is 3.47. The Hall–Kier alpha value is -1.73. The van der Waals surface area contributed by atoms with Crippen molar-refractivity contribution in [2.45, 2.75) is 27.7 Å². The van der Waals surface area contributed by atoms with Crippen molar-refractivity contribution >= 4 is 28.9 Å². The molecule has 0 saturated heterocycles. The molecule has 0 radical (unpaired) electrons. The van der Waals surface area contributed by atoms with Crippen molar-refractivity contribution in [2.24, 2.45) is 0 Å². The van der Waals surface area contributed by atoms with E-state index in [4.69, 9.17) is 9.84 Å². The number of carboxylic acid groups (broad SMARTS) is 1. The normalized spacial score (nSPS) is 10.3. The zero-order valence-corrected chi connectivity index (χ0v) is 13.5. The SMILES string of the molecule is CCOCCN(C(=O)C(=O)O)C(=C(C)C)c1csc(C)n1. The summed E-state index contributed by atoms with van der Waals surface area (Å²) in [6.07, 6.45) is 0. The van der Waals surface area contributed by atoms with Crippen molar-refractivity contribution in [2.75, 3.05) is 19.8 Å². The highest BCUT2D eigenvalue weighted by Gasteiger charge is 2.27. The standard InChI is InChI=1S/C14H20N2O4S/c1-5-20-7-6-16(13(17)14(18)19)12(9(2)3)11-8-21-10(4)15-11/h8H,5-7H2,1-4H3,(H,18,19). The van der Waals surface area contributed by atoms with Gasteiger partial charge in [0, 0.05) is 18.5 Å². The Bertz CT molecular complexity index is 547. The molecule has 1 aromatic rings. The van der Waals surface area contributed by atoms with Crippen molar-refractivity contribution in [1.82, 2.24) is 9.88 Å². The summed E-state index contributed by atoms with van der Waals surface area (Å²) in [5, 5.41) is 11.7. The van der Waals surface area contributed by atoms with E-state index >= 15 is 0 Å². The Morgan fingerprint density at radius 1 is 1.43 bits per heavy atom. The lowest BCUT2D eigenvalue weighted by Crippen LogP contribution is -2.38. The van der Waals surface area contributed by atoms with Crippen LogP contribution in [-0.2, 0) is 14.3 Å². The molecule has 0 atom stereocenters. The molecule has 6 nitrogen and oxygen atoms in total. The first-order chi connectivity index (χ1) is 9.88. The molecule has 21 heavy (non-hydrogen) atoms. The predicted molar refractivity (Wildman–Crippen MR) is 81.0 cm³/mol. The summed E-state index contributed by atoms with van der Waals surface area (Å²) in [5.74, 6) is -2.46. The highest BCUT2D eigenvalue weighted by Crippen LogP contribution is 2.24. The van der Waals surface area contributed by atoms with Crippen LogP contribution in [0.25, 0.3) is 5.70 Å². The lowest BCUT2D eigenvalue weighted by molar-refractivity contribution is -0.154. The number of carboxylic acids is 1. The first-order valence-corrected chi connectivity index (χ1v) is 7.49. The molecule has 0 aromatic carbocycles. The van der Waals surface area contributed by atoms with Gasteiger partial charge in [-0.05, 0) is 27.7 Å². The molecule has 7 heteroatoms. The number of nitrogens with zero attached hydrogens (tertiary/aromatic N) is 2. The van der Waals surface area contributed by atoms with Gasteiger partial charge in [0.1, 0.15) is 0 Å². The van der Waals surface area contributed by atoms with Gasteiger partial charge in [0.05, 0.1) is 23.0 Å². The summed E-state index contributed by atoms with van der Waals surface area (Å²) in [6.45, 7) is 8.31. The molecule has 0 aliphatic heterocycles. The molecule has 0 saturated carbocycles. The van der Waals surface area contributed by atoms with Crippen LogP contribution < -0.4 is 0 Å². The fraction of sp³-hybridized carbons (Fsp3) is 0.500. The molecule has 0 bridgehead atoms. The van der Waals surface area contributed by atoms with Crippen LogP contribution in [0, 0.1) is 6.92 Å². The zero-order valence-electron chi connectivity index (χ0n) is 12.7. The zero-order chi connectivity index (χ0) is 16.0. The number of aromatic nitrogens is 1. The van der Waals surface area contributed by atoms with Crippen LogP contribution in [-0.4, -0.2) is 46.6 Å². The van der Waals surface area contributed by atoms with Crippen LogP contribution in [0.4, 0.5) is 0 Å². The van der Waals surface area contributed by atoms with Crippen LogP contribution >= 0.6 is 11.3 Å². The third kappa shape index (κ3) is 4.64. The van der Waals surface area contributed by atoms with Gasteiger partial charge in [0.2, 0.25) is 0 Å². The summed E-state index contributed by atoms with van der Waals surface area (Å²) < 4.78 is 5.24. The van der Waals surface area contributed by atoms with E-state index in [-0.39, 0.29) is 13.2 Å². The number of carbonyl (C=O) groups is 2. The lowest BCUT2D eigenvalue weighted by atomic mass is 10.2. The Labute approximate surface area is 128 Å². The minimum absolute atomic E-state index is 0.177. The maximum Gasteiger partial charge on any atom is 0.394 e. The first-order valence-electron chi connectivity index (χ1n) is 6.61. The molecule has 0 aliphatic rings. The number of carbonyl (C=O) groups excluding carboxylic acids is 1. The average molecular weight is 312 g/mol. The Balaban J connectivity index is 3.16. The molecule has 116 valence electrons. The Morgan fingerprint density at radius 3 is 2.52 bits per heavy atom. The molecule has 0 aliphatic carbocycles. The molecule has 1 aromatic heterocycles. The second-order valence-electron chi connectivity index (χ2n) is 4.56. The molecule has 1 amide bonds. The highest BCUT2D eigenvalue weighted by molar-refractivity contribution is 7.09. The van der Waals surface area contributed by atoms with Gasteiger partial charge in [-0.1, -0.05) is 5.57 Å². The number of hydrogen-bond acceptors (Lipinski definition) is 5. The van der Waals surface area contributed by atoms with Gasteiger partial charge in [-0.25, -0.2) is 9.78 Å². The third-order valence-electron chi connectivity index (χ3n) is 2.70. The molecule has 1 N–H and O–H groups in total. The van der Waals surface area contributed by atoms with E-state index in [1.54, 1.807) is 0 Å². The molecular formula is C14H20N2O4S. The molecule has 1 rings (SSSR count). The monoisotopic (exact) mass is 312 g/mol. The highest BCUT2D eigenvalue weighted by atomic mass is 32.1. The molecule has 0 fully saturated rings. The van der Waals surface area contributed by atoms with Gasteiger partial charge >= 0.3 is 11.9 Å². The van der Waals surface area contributed by atoms with E-state index in [1.807, 2.05) is 33.1 Å². The average Bonchev–Trinajstić information content (AvgIpc) is 2.82. The summed E-state index contributed by atoms with van der Waals surface area (Å²) in [6, 6.07) is 0. The molecular weight excluding hydrogens is 292 g/mol. The topological polar surface area (TPSA) is 79.7 Å². The van der Waals surface area contributed by atoms with Crippen molar-refractivity contribution in [3.8, 4) is 0 Å². The van der Waals surface area contributed by atoms with E-state index in [9.17, 15) is 9.59 Å². The minimum Gasteiger partial charge on any atom is -0.474 e. The van der Waals surface area contributed by atoms with Crippen LogP contribution in [0.15, 0.2) is 11.0 Å². The summed E-state index contributed by atoms with van der Waals surface area (Å²) in [5.41, 5.74) is 1.97. The summed E-state index contributed by atoms with van der Waals surface area (Å²) in [4.78, 5) is 28.6. The van der Waals surface area contributed by atoms with Crippen LogP contribution in [0.3, 0.4) is 0 Å². The number of rotatable bonds is 6. The van der Waals surface area contributed by atoms with Crippen molar-refractivity contribution in [1.29, 1.82) is 0 Å². The minimum atomic E-state index is -1.49. The van der Waals surface area contributed by atoms with E-state index in [0.29, 0.717) is 18.0 Å². The van der Waals surface area contributed by atoms with Gasteiger partial charge in [-0.3, -0.25) is 9.69 Å². The maximum atomic E-state index is 12.0. The van der Waals surface area contributed by atoms with Crippen LogP contribution in [0.1, 0.15) is 31.5 Å². The summed E-state index contributed by atoms with van der Waals surface area (Å²) >= 11 is 1.45. The molecule has 0 unspecified atom stereocenters. The first kappa shape index (κ1) is 17.3. The fourth-order valence-electron chi connectivity index (χ4n) is 1.87. The van der Waals surface area contributed by atoms with Crippen molar-refractivity contribution in [3.05, 3.63) is 21.7 Å². The predicted octanol–water partition coefficient (Wildman–Crippen LogP) is 2.15. The number of amides is 1. The second-order valence-corrected chi connectivity index (χ2v) is 5.62. The summed E-state index contributed by atoms with van der Waals surface area (Å²) in [7, 11) is 0. The maximum absolute atomic E-state index is 12.0. The second kappa shape index (κ2) is 7.90. The van der Waals surface area contributed by atoms with E-state index in [2.05, 4.69) is 4.98 Å². The van der Waals surface area contributed by atoms with E-state index < -0.39 is 11.9 Å². The van der Waals surface area contributed by atoms with E-state index in [1.165, 1.54) is 16.2 Å². The molecule has 0 spiro atoms. The Morgan fingerprint density at radius 2 is 2.10 bits per heavy atom. The van der Waals surface area contributed by atoms with Gasteiger partial charge in [0.15, 0.2) is 0 Å². The quantitative estimate of drug-likeness (QED) is 0.643. The van der Waals surface area contributed by atoms with Crippen molar-refractivity contribution in [3.63, 3.8) is 0 Å². The van der Waals surface area contributed by atoms with E-state index in [0.717, 1.165) is 10.6 Å². The number of ether oxygens (including phenoxy) is 1. The number of allylic oxidation sites excluding steroid dienone is 1. The van der Waals surface area contributed by atoms with Gasteiger partial charge < -0.3 is 9.84 Å². The number of hydrogen-bond donors (Lipinski definition) is 1. The number of aryl methyl sites for hydroxylation is 1. The smallest absolute Gasteiger partial charge is 0.394 e.